The molecule has 8 heteroatoms. The average Bonchev–Trinajstić information content (AvgIpc) is 3.25. The Hall–Kier alpha value is -2.92. The summed E-state index contributed by atoms with van der Waals surface area (Å²) < 4.78 is 6.69. The Morgan fingerprint density at radius 1 is 0.839 bits per heavy atom. The van der Waals surface area contributed by atoms with E-state index < -0.39 is 0 Å². The average molecular weight is 543 g/mol. The van der Waals surface area contributed by atoms with Crippen LogP contribution in [0.15, 0.2) is 66.2 Å². The van der Waals surface area contributed by atoms with Crippen LogP contribution in [0.2, 0.25) is 0 Å². The molecule has 2 amide bonds. The molecule has 0 unspecified atom stereocenters. The molecule has 154 valence electrons. The second-order valence-electron chi connectivity index (χ2n) is 7.12. The first kappa shape index (κ1) is 20.0. The van der Waals surface area contributed by atoms with Gasteiger partial charge in [0.2, 0.25) is 0 Å². The number of amides is 2. The molecule has 5 rings (SSSR count). The van der Waals surface area contributed by atoms with Gasteiger partial charge in [-0.3, -0.25) is 0 Å². The first-order chi connectivity index (χ1) is 15.0. The zero-order valence-corrected chi connectivity index (χ0v) is 19.9. The van der Waals surface area contributed by atoms with Gasteiger partial charge in [0.05, 0.1) is 0 Å². The molecule has 0 spiro atoms. The normalized spacial score (nSPS) is 15.6. The first-order valence-corrected chi connectivity index (χ1v) is 11.5. The third-order valence-electron chi connectivity index (χ3n) is 5.20. The molecule has 31 heavy (non-hydrogen) atoms. The summed E-state index contributed by atoms with van der Waals surface area (Å²) in [5.41, 5.74) is 2.04. The molecule has 0 N–H and O–H groups in total. The monoisotopic (exact) mass is 545 g/mol. The summed E-state index contributed by atoms with van der Waals surface area (Å²) in [6, 6.07) is 19.7. The molecular formula is C23H17N3O3STe. The number of fused-ring (bicyclic) bond motifs is 2. The Morgan fingerprint density at radius 2 is 1.39 bits per heavy atom. The van der Waals surface area contributed by atoms with Crippen LogP contribution in [0.25, 0.3) is 6.08 Å². The van der Waals surface area contributed by atoms with Crippen molar-refractivity contribution in [1.82, 2.24) is 9.80 Å². The number of para-hydroxylation sites is 4. The van der Waals surface area contributed by atoms with Crippen molar-refractivity contribution in [2.24, 2.45) is 0 Å². The first-order valence-electron chi connectivity index (χ1n) is 9.53. The van der Waals surface area contributed by atoms with Crippen molar-refractivity contribution in [1.29, 1.82) is 0 Å². The summed E-state index contributed by atoms with van der Waals surface area (Å²) in [6.07, 6.45) is 1.68. The molecule has 1 aromatic heterocycles. The number of ether oxygens (including phenoxy) is 1. The van der Waals surface area contributed by atoms with Crippen LogP contribution >= 0.6 is 11.3 Å². The topological polar surface area (TPSA) is 53.1 Å². The maximum absolute atomic E-state index is 12.7. The standard InChI is InChI=1S/C23H17N3O3STe/c1-24-21(27)15(22(28)25(2)23(24)31)13-14-11-12-20(30-14)26-16-7-3-5-9-18(16)29-19-10-6-4-8-17(19)26/h3-13H,1-2H3. The number of carbonyl (C=O) groups excluding carboxylic acids is 2. The van der Waals surface area contributed by atoms with Crippen molar-refractivity contribution in [3.8, 4) is 11.5 Å². The van der Waals surface area contributed by atoms with Crippen LogP contribution in [0.5, 0.6) is 11.5 Å². The Labute approximate surface area is 196 Å². The van der Waals surface area contributed by atoms with E-state index in [1.165, 1.54) is 21.1 Å². The van der Waals surface area contributed by atoms with Crippen LogP contribution in [0.3, 0.4) is 0 Å². The van der Waals surface area contributed by atoms with Gasteiger partial charge in [0.25, 0.3) is 0 Å². The summed E-state index contributed by atoms with van der Waals surface area (Å²) in [6.45, 7) is 0. The fraction of sp³-hybridized carbons (Fsp3) is 0.0870. The van der Waals surface area contributed by atoms with E-state index in [-0.39, 0.29) is 17.4 Å². The Balaban J connectivity index is 1.57. The predicted octanol–water partition coefficient (Wildman–Crippen LogP) is 3.89. The number of hydrogen-bond acceptors (Lipinski definition) is 5. The van der Waals surface area contributed by atoms with E-state index in [9.17, 15) is 9.59 Å². The second kappa shape index (κ2) is 7.65. The van der Waals surface area contributed by atoms with Crippen molar-refractivity contribution in [3.63, 3.8) is 0 Å². The van der Waals surface area contributed by atoms with E-state index in [0.29, 0.717) is 3.80 Å². The minimum atomic E-state index is -0.291. The number of benzene rings is 2. The summed E-state index contributed by atoms with van der Waals surface area (Å²) in [5.74, 6) is 0.976. The second-order valence-corrected chi connectivity index (χ2v) is 9.25. The third kappa shape index (κ3) is 3.28. The molecule has 6 nitrogen and oxygen atoms in total. The van der Waals surface area contributed by atoms with Gasteiger partial charge in [-0.05, 0) is 0 Å². The molecule has 0 bridgehead atoms. The molecule has 2 aromatic carbocycles. The number of thiophene rings is 1. The molecule has 1 saturated heterocycles. The molecule has 3 aromatic rings. The molecule has 2 aliphatic rings. The van der Waals surface area contributed by atoms with Crippen molar-refractivity contribution in [2.75, 3.05) is 19.0 Å². The molecule has 0 radical (unpaired) electrons. The van der Waals surface area contributed by atoms with E-state index in [1.54, 1.807) is 42.0 Å². The van der Waals surface area contributed by atoms with Crippen LogP contribution in [0.4, 0.5) is 16.4 Å². The van der Waals surface area contributed by atoms with Crippen LogP contribution < -0.4 is 9.64 Å². The van der Waals surface area contributed by atoms with Crippen molar-refractivity contribution < 1.29 is 14.3 Å². The fourth-order valence-electron chi connectivity index (χ4n) is 3.60. The zero-order chi connectivity index (χ0) is 21.7. The van der Waals surface area contributed by atoms with Gasteiger partial charge in [-0.15, -0.1) is 0 Å². The van der Waals surface area contributed by atoms with Crippen LogP contribution in [0.1, 0.15) is 4.88 Å². The zero-order valence-electron chi connectivity index (χ0n) is 16.7. The van der Waals surface area contributed by atoms with Crippen molar-refractivity contribution in [2.45, 2.75) is 0 Å². The number of likely N-dealkylation sites (N-methyl/N-ethyl adjacent to an activating group) is 2. The number of anilines is 3. The van der Waals surface area contributed by atoms with Gasteiger partial charge in [-0.25, -0.2) is 0 Å². The summed E-state index contributed by atoms with van der Waals surface area (Å²) >= 11 is 3.19. The van der Waals surface area contributed by atoms with Gasteiger partial charge in [-0.2, -0.15) is 0 Å². The van der Waals surface area contributed by atoms with Crippen molar-refractivity contribution >= 4 is 71.2 Å². The third-order valence-corrected chi connectivity index (χ3v) is 7.78. The summed E-state index contributed by atoms with van der Waals surface area (Å²) in [7, 11) is 3.36. The quantitative estimate of drug-likeness (QED) is 0.219. The van der Waals surface area contributed by atoms with E-state index in [1.807, 2.05) is 60.7 Å². The molecule has 1 fully saturated rings. The van der Waals surface area contributed by atoms with Crippen LogP contribution in [0, 0.1) is 0 Å². The van der Waals surface area contributed by atoms with E-state index in [2.05, 4.69) is 4.90 Å². The number of rotatable bonds is 2. The van der Waals surface area contributed by atoms with E-state index in [4.69, 9.17) is 4.74 Å². The summed E-state index contributed by atoms with van der Waals surface area (Å²) in [5, 5.41) is 0.968. The number of carbonyl (C=O) groups is 2. The number of nitrogens with zero attached hydrogens (tertiary/aromatic N) is 3. The van der Waals surface area contributed by atoms with E-state index in [0.717, 1.165) is 32.8 Å². The maximum atomic E-state index is 12.7. The van der Waals surface area contributed by atoms with Crippen molar-refractivity contribution in [3.05, 3.63) is 71.1 Å². The minimum absolute atomic E-state index is 0.161. The van der Waals surface area contributed by atoms with Crippen LogP contribution in [-0.4, -0.2) is 61.3 Å². The van der Waals surface area contributed by atoms with Gasteiger partial charge < -0.3 is 0 Å². The fourth-order valence-corrected chi connectivity index (χ4v) is 5.05. The molecule has 2 aliphatic heterocycles. The SMILES string of the molecule is CN1C(=O)C(=Cc2ccc(N3c4ccccc4Oc4ccccc43)s2)C(=O)N(C)C1=[Te]. The predicted molar refractivity (Wildman–Crippen MR) is 123 cm³/mol. The van der Waals surface area contributed by atoms with Gasteiger partial charge in [0.1, 0.15) is 0 Å². The number of hydrogen-bond donors (Lipinski definition) is 0. The molecular weight excluding hydrogens is 526 g/mol. The molecule has 0 saturated carbocycles. The van der Waals surface area contributed by atoms with Gasteiger partial charge in [0, 0.05) is 0 Å². The van der Waals surface area contributed by atoms with Crippen LogP contribution in [-0.2, 0) is 9.59 Å². The van der Waals surface area contributed by atoms with Gasteiger partial charge in [0.15, 0.2) is 0 Å². The van der Waals surface area contributed by atoms with Gasteiger partial charge >= 0.3 is 185 Å². The summed E-state index contributed by atoms with van der Waals surface area (Å²) in [4.78, 5) is 31.4. The molecule has 0 atom stereocenters. The Morgan fingerprint density at radius 3 is 1.97 bits per heavy atom. The Bertz CT molecular complexity index is 1210. The molecule has 0 aliphatic carbocycles. The molecule has 3 heterocycles. The Kier molecular flexibility index (Phi) is 4.94. The van der Waals surface area contributed by atoms with E-state index >= 15 is 0 Å². The van der Waals surface area contributed by atoms with Gasteiger partial charge in [-0.1, -0.05) is 12.1 Å².